The fourth-order valence-electron chi connectivity index (χ4n) is 3.02. The maximum Gasteiger partial charge on any atom is 0.150 e. The quantitative estimate of drug-likeness (QED) is 0.855. The lowest BCUT2D eigenvalue weighted by molar-refractivity contribution is -0.126. The molecule has 0 aromatic heterocycles. The number of piperidine rings is 1. The van der Waals surface area contributed by atoms with Crippen molar-refractivity contribution >= 4 is 5.78 Å². The normalized spacial score (nSPS) is 19.6. The molecule has 0 bridgehead atoms. The number of Topliss-reactive ketones (excluding diaryl/α,β-unsaturated/α-hetero) is 1. The average molecular weight is 279 g/mol. The second kappa shape index (κ2) is 6.68. The van der Waals surface area contributed by atoms with Crippen LogP contribution in [0.5, 0.6) is 0 Å². The van der Waals surface area contributed by atoms with Crippen LogP contribution < -0.4 is 0 Å². The monoisotopic (exact) mass is 279 g/mol. The van der Waals surface area contributed by atoms with Crippen molar-refractivity contribution in [3.63, 3.8) is 0 Å². The van der Waals surface area contributed by atoms with Gasteiger partial charge < -0.3 is 0 Å². The van der Waals surface area contributed by atoms with Crippen LogP contribution in [-0.4, -0.2) is 23.8 Å². The molecule has 0 saturated carbocycles. The lowest BCUT2D eigenvalue weighted by atomic mass is 9.89. The first-order chi connectivity index (χ1) is 10.3. The SMILES string of the molecule is O=C1CN(Cc2ccccc2)CCC1Cc1ccccc1. The zero-order valence-electron chi connectivity index (χ0n) is 12.2. The predicted molar refractivity (Wildman–Crippen MR) is 85.0 cm³/mol. The third-order valence-electron chi connectivity index (χ3n) is 4.20. The second-order valence-corrected chi connectivity index (χ2v) is 5.84. The zero-order chi connectivity index (χ0) is 14.5. The lowest BCUT2D eigenvalue weighted by Gasteiger charge is -2.31. The minimum atomic E-state index is 0.194. The Hall–Kier alpha value is -1.93. The number of carbonyl (C=O) groups is 1. The Balaban J connectivity index is 1.56. The van der Waals surface area contributed by atoms with Crippen LogP contribution in [0, 0.1) is 5.92 Å². The Morgan fingerprint density at radius 3 is 2.14 bits per heavy atom. The van der Waals surface area contributed by atoms with E-state index in [0.717, 1.165) is 25.9 Å². The van der Waals surface area contributed by atoms with Gasteiger partial charge in [-0.1, -0.05) is 60.7 Å². The highest BCUT2D eigenvalue weighted by Crippen LogP contribution is 2.20. The first-order valence-electron chi connectivity index (χ1n) is 7.64. The van der Waals surface area contributed by atoms with Crippen molar-refractivity contribution in [3.05, 3.63) is 71.8 Å². The van der Waals surface area contributed by atoms with Crippen molar-refractivity contribution in [2.45, 2.75) is 19.4 Å². The minimum Gasteiger partial charge on any atom is -0.298 e. The van der Waals surface area contributed by atoms with Crippen LogP contribution in [0.1, 0.15) is 17.5 Å². The maximum absolute atomic E-state index is 12.4. The highest BCUT2D eigenvalue weighted by atomic mass is 16.1. The molecule has 2 aromatic carbocycles. The molecule has 108 valence electrons. The van der Waals surface area contributed by atoms with Crippen LogP contribution in [-0.2, 0) is 17.8 Å². The summed E-state index contributed by atoms with van der Waals surface area (Å²) in [5, 5.41) is 0. The van der Waals surface area contributed by atoms with E-state index in [2.05, 4.69) is 41.3 Å². The largest absolute Gasteiger partial charge is 0.298 e. The molecule has 3 rings (SSSR count). The van der Waals surface area contributed by atoms with E-state index >= 15 is 0 Å². The Bertz CT molecular complexity index is 579. The molecule has 1 heterocycles. The Labute approximate surface area is 126 Å². The summed E-state index contributed by atoms with van der Waals surface area (Å²) >= 11 is 0. The molecule has 0 N–H and O–H groups in total. The Morgan fingerprint density at radius 1 is 0.905 bits per heavy atom. The van der Waals surface area contributed by atoms with E-state index in [4.69, 9.17) is 0 Å². The second-order valence-electron chi connectivity index (χ2n) is 5.84. The summed E-state index contributed by atoms with van der Waals surface area (Å²) < 4.78 is 0. The summed E-state index contributed by atoms with van der Waals surface area (Å²) in [6, 6.07) is 20.7. The van der Waals surface area contributed by atoms with Crippen molar-refractivity contribution in [3.8, 4) is 0 Å². The first-order valence-corrected chi connectivity index (χ1v) is 7.64. The first kappa shape index (κ1) is 14.0. The molecule has 1 atom stereocenters. The fraction of sp³-hybridized carbons (Fsp3) is 0.316. The van der Waals surface area contributed by atoms with Crippen LogP contribution in [0.2, 0.25) is 0 Å². The third kappa shape index (κ3) is 3.79. The van der Waals surface area contributed by atoms with Crippen molar-refractivity contribution in [1.29, 1.82) is 0 Å². The van der Waals surface area contributed by atoms with Crippen LogP contribution in [0.3, 0.4) is 0 Å². The summed E-state index contributed by atoms with van der Waals surface area (Å²) in [6.45, 7) is 2.48. The van der Waals surface area contributed by atoms with Crippen molar-refractivity contribution < 1.29 is 4.79 Å². The van der Waals surface area contributed by atoms with Gasteiger partial charge in [0.1, 0.15) is 5.78 Å². The molecule has 0 aliphatic carbocycles. The third-order valence-corrected chi connectivity index (χ3v) is 4.20. The van der Waals surface area contributed by atoms with E-state index in [-0.39, 0.29) is 5.92 Å². The molecule has 2 heteroatoms. The molecule has 2 nitrogen and oxygen atoms in total. The smallest absolute Gasteiger partial charge is 0.150 e. The molecular weight excluding hydrogens is 258 g/mol. The number of nitrogens with zero attached hydrogens (tertiary/aromatic N) is 1. The van der Waals surface area contributed by atoms with E-state index in [0.29, 0.717) is 12.3 Å². The topological polar surface area (TPSA) is 20.3 Å². The fourth-order valence-corrected chi connectivity index (χ4v) is 3.02. The standard InChI is InChI=1S/C19H21NO/c21-19-15-20(14-17-9-5-2-6-10-17)12-11-18(19)13-16-7-3-1-4-8-16/h1-10,18H,11-15H2. The van der Waals surface area contributed by atoms with Gasteiger partial charge >= 0.3 is 0 Å². The number of ketones is 1. The van der Waals surface area contributed by atoms with Gasteiger partial charge in [0, 0.05) is 12.5 Å². The predicted octanol–water partition coefficient (Wildman–Crippen LogP) is 3.32. The molecule has 0 amide bonds. The molecule has 1 saturated heterocycles. The van der Waals surface area contributed by atoms with Gasteiger partial charge in [-0.05, 0) is 30.5 Å². The molecule has 1 aliphatic rings. The van der Waals surface area contributed by atoms with E-state index in [1.165, 1.54) is 11.1 Å². The van der Waals surface area contributed by atoms with Gasteiger partial charge in [-0.15, -0.1) is 0 Å². The number of carbonyl (C=O) groups excluding carboxylic acids is 1. The summed E-state index contributed by atoms with van der Waals surface area (Å²) in [4.78, 5) is 14.6. The Kier molecular flexibility index (Phi) is 4.46. The summed E-state index contributed by atoms with van der Waals surface area (Å²) in [5.74, 6) is 0.584. The van der Waals surface area contributed by atoms with Crippen molar-refractivity contribution in [2.24, 2.45) is 5.92 Å². The number of hydrogen-bond acceptors (Lipinski definition) is 2. The van der Waals surface area contributed by atoms with Gasteiger partial charge in [0.15, 0.2) is 0 Å². The van der Waals surface area contributed by atoms with Crippen LogP contribution in [0.4, 0.5) is 0 Å². The highest BCUT2D eigenvalue weighted by molar-refractivity contribution is 5.84. The average Bonchev–Trinajstić information content (AvgIpc) is 2.52. The van der Waals surface area contributed by atoms with E-state index in [1.54, 1.807) is 0 Å². The van der Waals surface area contributed by atoms with E-state index in [9.17, 15) is 4.79 Å². The van der Waals surface area contributed by atoms with Crippen molar-refractivity contribution in [2.75, 3.05) is 13.1 Å². The van der Waals surface area contributed by atoms with Crippen LogP contribution >= 0.6 is 0 Å². The number of hydrogen-bond donors (Lipinski definition) is 0. The maximum atomic E-state index is 12.4. The number of benzene rings is 2. The molecule has 0 radical (unpaired) electrons. The van der Waals surface area contributed by atoms with E-state index in [1.807, 2.05) is 24.3 Å². The zero-order valence-corrected chi connectivity index (χ0v) is 12.2. The molecule has 21 heavy (non-hydrogen) atoms. The van der Waals surface area contributed by atoms with Gasteiger partial charge in [0.2, 0.25) is 0 Å². The minimum absolute atomic E-state index is 0.194. The molecule has 1 unspecified atom stereocenters. The lowest BCUT2D eigenvalue weighted by Crippen LogP contribution is -2.41. The number of likely N-dealkylation sites (tertiary alicyclic amines) is 1. The molecule has 1 aliphatic heterocycles. The van der Waals surface area contributed by atoms with Gasteiger partial charge in [0.05, 0.1) is 6.54 Å². The highest BCUT2D eigenvalue weighted by Gasteiger charge is 2.26. The van der Waals surface area contributed by atoms with E-state index < -0.39 is 0 Å². The Morgan fingerprint density at radius 2 is 1.52 bits per heavy atom. The summed E-state index contributed by atoms with van der Waals surface area (Å²) in [5.41, 5.74) is 2.55. The molecule has 0 spiro atoms. The number of rotatable bonds is 4. The van der Waals surface area contributed by atoms with Crippen LogP contribution in [0.15, 0.2) is 60.7 Å². The van der Waals surface area contributed by atoms with Gasteiger partial charge in [-0.3, -0.25) is 9.69 Å². The molecule has 2 aromatic rings. The van der Waals surface area contributed by atoms with Crippen LogP contribution in [0.25, 0.3) is 0 Å². The van der Waals surface area contributed by atoms with Gasteiger partial charge in [-0.2, -0.15) is 0 Å². The molecule has 1 fully saturated rings. The summed E-state index contributed by atoms with van der Waals surface area (Å²) in [7, 11) is 0. The van der Waals surface area contributed by atoms with Gasteiger partial charge in [0.25, 0.3) is 0 Å². The summed E-state index contributed by atoms with van der Waals surface area (Å²) in [6.07, 6.45) is 1.86. The van der Waals surface area contributed by atoms with Gasteiger partial charge in [-0.25, -0.2) is 0 Å². The van der Waals surface area contributed by atoms with Crippen molar-refractivity contribution in [1.82, 2.24) is 4.90 Å². The molecular formula is C19H21NO.